The molecule has 8 nitrogen and oxygen atoms in total. The maximum Gasteiger partial charge on any atom is 0.338 e. The SMILES string of the molecule is COc1cc(-n2cnc(C)c2)ncc1CN1CCN[C@H](c2ccc3c(c2C)COC3=O)C1. The molecule has 0 bridgehead atoms. The number of carbonyl (C=O) groups excluding carboxylic acids is 1. The molecule has 1 aromatic carbocycles. The molecule has 3 aromatic rings. The van der Waals surface area contributed by atoms with Crippen LogP contribution in [0, 0.1) is 13.8 Å². The monoisotopic (exact) mass is 433 g/mol. The summed E-state index contributed by atoms with van der Waals surface area (Å²) in [6, 6.07) is 6.11. The van der Waals surface area contributed by atoms with Crippen molar-refractivity contribution in [2.75, 3.05) is 26.7 Å². The van der Waals surface area contributed by atoms with E-state index in [4.69, 9.17) is 9.47 Å². The standard InChI is InChI=1S/C24H27N5O3/c1-15-10-29(14-27-15)23-8-22(31-3)17(9-26-23)11-28-7-6-25-21(12-28)18-4-5-19-20(16(18)2)13-32-24(19)30/h4-5,8-10,14,21,25H,6-7,11-13H2,1-3H3/t21-/m0/s1. The second-order valence-electron chi connectivity index (χ2n) is 8.40. The van der Waals surface area contributed by atoms with Gasteiger partial charge in [-0.05, 0) is 31.0 Å². The first-order valence-corrected chi connectivity index (χ1v) is 10.8. The average molecular weight is 434 g/mol. The number of aromatic nitrogens is 3. The van der Waals surface area contributed by atoms with Crippen LogP contribution in [0.4, 0.5) is 0 Å². The van der Waals surface area contributed by atoms with Crippen LogP contribution in [-0.4, -0.2) is 52.1 Å². The molecule has 0 saturated carbocycles. The zero-order chi connectivity index (χ0) is 22.2. The van der Waals surface area contributed by atoms with Gasteiger partial charge in [-0.2, -0.15) is 0 Å². The Labute approximate surface area is 187 Å². The van der Waals surface area contributed by atoms with Gasteiger partial charge in [0, 0.05) is 61.8 Å². The topological polar surface area (TPSA) is 81.5 Å². The smallest absolute Gasteiger partial charge is 0.338 e. The molecule has 2 aliphatic rings. The van der Waals surface area contributed by atoms with Crippen molar-refractivity contribution in [1.29, 1.82) is 0 Å². The quantitative estimate of drug-likeness (QED) is 0.620. The highest BCUT2D eigenvalue weighted by Crippen LogP contribution is 2.31. The number of fused-ring (bicyclic) bond motifs is 1. The summed E-state index contributed by atoms with van der Waals surface area (Å²) in [6.45, 7) is 7.85. The molecule has 1 saturated heterocycles. The van der Waals surface area contributed by atoms with Gasteiger partial charge in [-0.1, -0.05) is 6.07 Å². The van der Waals surface area contributed by atoms with Crippen molar-refractivity contribution < 1.29 is 14.3 Å². The Hall–Kier alpha value is -3.23. The van der Waals surface area contributed by atoms with E-state index >= 15 is 0 Å². The fourth-order valence-electron chi connectivity index (χ4n) is 4.60. The Morgan fingerprint density at radius 1 is 1.28 bits per heavy atom. The molecule has 0 radical (unpaired) electrons. The number of nitrogens with zero attached hydrogens (tertiary/aromatic N) is 4. The molecule has 2 aliphatic heterocycles. The number of hydrogen-bond donors (Lipinski definition) is 1. The van der Waals surface area contributed by atoms with E-state index in [1.165, 1.54) is 5.56 Å². The first kappa shape index (κ1) is 20.7. The highest BCUT2D eigenvalue weighted by molar-refractivity contribution is 5.94. The van der Waals surface area contributed by atoms with E-state index < -0.39 is 0 Å². The molecule has 0 unspecified atom stereocenters. The fourth-order valence-corrected chi connectivity index (χ4v) is 4.60. The molecule has 166 valence electrons. The van der Waals surface area contributed by atoms with Crippen LogP contribution >= 0.6 is 0 Å². The Balaban J connectivity index is 1.34. The zero-order valence-electron chi connectivity index (χ0n) is 18.6. The van der Waals surface area contributed by atoms with Gasteiger partial charge in [-0.25, -0.2) is 14.8 Å². The molecule has 0 amide bonds. The van der Waals surface area contributed by atoms with E-state index in [9.17, 15) is 4.79 Å². The lowest BCUT2D eigenvalue weighted by Crippen LogP contribution is -2.45. The van der Waals surface area contributed by atoms with Crippen LogP contribution in [0.3, 0.4) is 0 Å². The van der Waals surface area contributed by atoms with E-state index in [-0.39, 0.29) is 12.0 Å². The third kappa shape index (κ3) is 3.76. The van der Waals surface area contributed by atoms with Gasteiger partial charge < -0.3 is 14.8 Å². The molecular weight excluding hydrogens is 406 g/mol. The molecular formula is C24H27N5O3. The number of hydrogen-bond acceptors (Lipinski definition) is 7. The second-order valence-corrected chi connectivity index (χ2v) is 8.40. The molecule has 1 fully saturated rings. The van der Waals surface area contributed by atoms with Gasteiger partial charge in [0.1, 0.15) is 24.5 Å². The van der Waals surface area contributed by atoms with E-state index in [2.05, 4.69) is 33.2 Å². The van der Waals surface area contributed by atoms with Crippen LogP contribution in [0.15, 0.2) is 36.9 Å². The molecule has 1 N–H and O–H groups in total. The maximum absolute atomic E-state index is 11.9. The van der Waals surface area contributed by atoms with Crippen molar-refractivity contribution in [3.63, 3.8) is 0 Å². The molecule has 4 heterocycles. The van der Waals surface area contributed by atoms with Gasteiger partial charge in [0.2, 0.25) is 0 Å². The lowest BCUT2D eigenvalue weighted by Gasteiger charge is -2.35. The van der Waals surface area contributed by atoms with Crippen molar-refractivity contribution in [1.82, 2.24) is 24.8 Å². The Bertz CT molecular complexity index is 1170. The van der Waals surface area contributed by atoms with Crippen LogP contribution in [0.5, 0.6) is 5.75 Å². The number of nitrogens with one attached hydrogen (secondary N) is 1. The Morgan fingerprint density at radius 2 is 2.16 bits per heavy atom. The predicted molar refractivity (Wildman–Crippen MR) is 119 cm³/mol. The van der Waals surface area contributed by atoms with Crippen LogP contribution in [-0.2, 0) is 17.9 Å². The number of rotatable bonds is 5. The van der Waals surface area contributed by atoms with Gasteiger partial charge in [0.15, 0.2) is 0 Å². The van der Waals surface area contributed by atoms with Crippen molar-refractivity contribution in [3.8, 4) is 11.6 Å². The number of ether oxygens (including phenoxy) is 2. The minimum Gasteiger partial charge on any atom is -0.496 e. The first-order valence-electron chi connectivity index (χ1n) is 10.8. The molecule has 5 rings (SSSR count). The number of carbonyl (C=O) groups is 1. The van der Waals surface area contributed by atoms with Gasteiger partial charge in [0.25, 0.3) is 0 Å². The summed E-state index contributed by atoms with van der Waals surface area (Å²) in [6.07, 6.45) is 5.60. The number of methoxy groups -OCH3 is 1. The number of cyclic esters (lactones) is 1. The lowest BCUT2D eigenvalue weighted by atomic mass is 9.93. The maximum atomic E-state index is 11.9. The van der Waals surface area contributed by atoms with Gasteiger partial charge >= 0.3 is 5.97 Å². The third-order valence-electron chi connectivity index (χ3n) is 6.36. The fraction of sp³-hybridized carbons (Fsp3) is 0.375. The summed E-state index contributed by atoms with van der Waals surface area (Å²) < 4.78 is 12.8. The predicted octanol–water partition coefficient (Wildman–Crippen LogP) is 2.71. The van der Waals surface area contributed by atoms with Crippen molar-refractivity contribution >= 4 is 5.97 Å². The number of benzene rings is 1. The van der Waals surface area contributed by atoms with E-state index in [0.29, 0.717) is 12.2 Å². The summed E-state index contributed by atoms with van der Waals surface area (Å²) in [7, 11) is 1.69. The summed E-state index contributed by atoms with van der Waals surface area (Å²) in [5.41, 5.74) is 6.08. The van der Waals surface area contributed by atoms with Crippen molar-refractivity contribution in [2.45, 2.75) is 33.0 Å². The highest BCUT2D eigenvalue weighted by Gasteiger charge is 2.28. The molecule has 8 heteroatoms. The Kier molecular flexibility index (Phi) is 5.40. The molecule has 2 aromatic heterocycles. The normalized spacial score (nSPS) is 18.5. The number of aryl methyl sites for hydroxylation is 1. The van der Waals surface area contributed by atoms with E-state index in [0.717, 1.165) is 60.1 Å². The van der Waals surface area contributed by atoms with E-state index in [1.54, 1.807) is 13.4 Å². The summed E-state index contributed by atoms with van der Waals surface area (Å²) in [5.74, 6) is 1.39. The summed E-state index contributed by atoms with van der Waals surface area (Å²) >= 11 is 0. The minimum absolute atomic E-state index is 0.192. The van der Waals surface area contributed by atoms with E-state index in [1.807, 2.05) is 36.0 Å². The highest BCUT2D eigenvalue weighted by atomic mass is 16.5. The van der Waals surface area contributed by atoms with Gasteiger partial charge in [0.05, 0.1) is 18.4 Å². The number of imidazole rings is 1. The van der Waals surface area contributed by atoms with Gasteiger partial charge in [-0.15, -0.1) is 0 Å². The molecule has 1 atom stereocenters. The summed E-state index contributed by atoms with van der Waals surface area (Å²) in [4.78, 5) is 23.2. The third-order valence-corrected chi connectivity index (χ3v) is 6.36. The van der Waals surface area contributed by atoms with Gasteiger partial charge in [-0.3, -0.25) is 9.47 Å². The Morgan fingerprint density at radius 3 is 2.94 bits per heavy atom. The van der Waals surface area contributed by atoms with Crippen molar-refractivity contribution in [2.24, 2.45) is 0 Å². The molecule has 0 spiro atoms. The second kappa shape index (κ2) is 8.37. The summed E-state index contributed by atoms with van der Waals surface area (Å²) in [5, 5.41) is 3.63. The van der Waals surface area contributed by atoms with Crippen LogP contribution in [0.1, 0.15) is 44.3 Å². The minimum atomic E-state index is -0.221. The molecule has 32 heavy (non-hydrogen) atoms. The zero-order valence-corrected chi connectivity index (χ0v) is 18.6. The number of esters is 1. The van der Waals surface area contributed by atoms with Crippen LogP contribution < -0.4 is 10.1 Å². The van der Waals surface area contributed by atoms with Crippen LogP contribution in [0.25, 0.3) is 5.82 Å². The van der Waals surface area contributed by atoms with Crippen LogP contribution in [0.2, 0.25) is 0 Å². The number of pyridine rings is 1. The lowest BCUT2D eigenvalue weighted by molar-refractivity contribution is 0.0535. The van der Waals surface area contributed by atoms with Crippen molar-refractivity contribution in [3.05, 3.63) is 70.4 Å². The first-order chi connectivity index (χ1) is 15.5. The number of piperazine rings is 1. The average Bonchev–Trinajstić information content (AvgIpc) is 3.41. The largest absolute Gasteiger partial charge is 0.496 e. The molecule has 0 aliphatic carbocycles.